The zero-order chi connectivity index (χ0) is 20.5. The summed E-state index contributed by atoms with van der Waals surface area (Å²) in [5.41, 5.74) is 2.13. The van der Waals surface area contributed by atoms with Gasteiger partial charge in [0.15, 0.2) is 17.0 Å². The Morgan fingerprint density at radius 2 is 1.93 bits per heavy atom. The molecule has 0 spiro atoms. The van der Waals surface area contributed by atoms with Gasteiger partial charge in [-0.3, -0.25) is 4.79 Å². The topological polar surface area (TPSA) is 98.5 Å². The number of ether oxygens (including phenoxy) is 2. The molecule has 2 aliphatic rings. The normalized spacial score (nSPS) is 19.4. The van der Waals surface area contributed by atoms with Crippen molar-refractivity contribution in [3.05, 3.63) is 30.6 Å². The Morgan fingerprint density at radius 3 is 2.63 bits per heavy atom. The molecular formula is C20H23N7O3. The third kappa shape index (κ3) is 3.32. The molecule has 156 valence electrons. The fourth-order valence-corrected chi connectivity index (χ4v) is 3.98. The van der Waals surface area contributed by atoms with Crippen LogP contribution in [0.1, 0.15) is 12.8 Å². The monoisotopic (exact) mass is 409 g/mol. The van der Waals surface area contributed by atoms with Crippen molar-refractivity contribution in [2.45, 2.75) is 18.9 Å². The predicted molar refractivity (Wildman–Crippen MR) is 109 cm³/mol. The van der Waals surface area contributed by atoms with E-state index in [4.69, 9.17) is 9.47 Å². The van der Waals surface area contributed by atoms with E-state index in [1.807, 2.05) is 29.2 Å². The van der Waals surface area contributed by atoms with Crippen LogP contribution in [-0.4, -0.2) is 81.8 Å². The minimum absolute atomic E-state index is 0.102. The second-order valence-electron chi connectivity index (χ2n) is 7.38. The fraction of sp³-hybridized carbons (Fsp3) is 0.450. The number of piperazine rings is 1. The maximum absolute atomic E-state index is 12.6. The number of hydrogen-bond acceptors (Lipinski definition) is 8. The van der Waals surface area contributed by atoms with Crippen LogP contribution in [-0.2, 0) is 9.53 Å². The number of nitrogens with zero attached hydrogens (tertiary/aromatic N) is 7. The number of methoxy groups -OCH3 is 1. The number of carbonyl (C=O) groups is 1. The molecule has 10 nitrogen and oxygen atoms in total. The summed E-state index contributed by atoms with van der Waals surface area (Å²) in [4.78, 5) is 25.5. The molecule has 2 saturated heterocycles. The van der Waals surface area contributed by atoms with Crippen molar-refractivity contribution in [2.24, 2.45) is 0 Å². The molecule has 0 N–H and O–H groups in total. The summed E-state index contributed by atoms with van der Waals surface area (Å²) in [6.07, 6.45) is 3.04. The lowest BCUT2D eigenvalue weighted by Gasteiger charge is -2.36. The number of hydrogen-bond donors (Lipinski definition) is 0. The van der Waals surface area contributed by atoms with Crippen LogP contribution in [0.2, 0.25) is 0 Å². The summed E-state index contributed by atoms with van der Waals surface area (Å²) < 4.78 is 12.5. The highest BCUT2D eigenvalue weighted by atomic mass is 16.5. The van der Waals surface area contributed by atoms with E-state index < -0.39 is 0 Å². The summed E-state index contributed by atoms with van der Waals surface area (Å²) in [5, 5.41) is 8.63. The van der Waals surface area contributed by atoms with Crippen LogP contribution in [0.5, 0.6) is 5.75 Å². The van der Waals surface area contributed by atoms with Gasteiger partial charge in [-0.05, 0) is 37.1 Å². The van der Waals surface area contributed by atoms with E-state index in [0.29, 0.717) is 43.9 Å². The van der Waals surface area contributed by atoms with Crippen LogP contribution in [0, 0.1) is 0 Å². The lowest BCUT2D eigenvalue weighted by molar-refractivity contribution is -0.141. The minimum atomic E-state index is -0.272. The first kappa shape index (κ1) is 18.7. The van der Waals surface area contributed by atoms with Crippen molar-refractivity contribution in [3.8, 4) is 11.4 Å². The number of anilines is 1. The molecule has 30 heavy (non-hydrogen) atoms. The van der Waals surface area contributed by atoms with E-state index in [9.17, 15) is 4.79 Å². The Kier molecular flexibility index (Phi) is 4.91. The first-order valence-electron chi connectivity index (χ1n) is 10.1. The number of fused-ring (bicyclic) bond motifs is 1. The van der Waals surface area contributed by atoms with Crippen LogP contribution in [0.4, 0.5) is 5.82 Å². The van der Waals surface area contributed by atoms with Crippen molar-refractivity contribution in [3.63, 3.8) is 0 Å². The number of rotatable bonds is 4. The zero-order valence-electron chi connectivity index (χ0n) is 16.8. The van der Waals surface area contributed by atoms with Crippen molar-refractivity contribution in [2.75, 3.05) is 44.8 Å². The zero-order valence-corrected chi connectivity index (χ0v) is 16.8. The predicted octanol–water partition coefficient (Wildman–Crippen LogP) is 1.05. The van der Waals surface area contributed by atoms with Gasteiger partial charge in [0.05, 0.1) is 12.8 Å². The van der Waals surface area contributed by atoms with Crippen LogP contribution >= 0.6 is 0 Å². The Balaban J connectivity index is 1.35. The van der Waals surface area contributed by atoms with Gasteiger partial charge in [0.2, 0.25) is 0 Å². The second kappa shape index (κ2) is 7.86. The van der Waals surface area contributed by atoms with Crippen LogP contribution < -0.4 is 9.64 Å². The summed E-state index contributed by atoms with van der Waals surface area (Å²) in [5.74, 6) is 1.61. The Morgan fingerprint density at radius 1 is 1.13 bits per heavy atom. The van der Waals surface area contributed by atoms with Crippen molar-refractivity contribution in [1.29, 1.82) is 0 Å². The number of carbonyl (C=O) groups excluding carboxylic acids is 1. The van der Waals surface area contributed by atoms with E-state index in [1.54, 1.807) is 11.8 Å². The smallest absolute Gasteiger partial charge is 0.251 e. The molecule has 4 heterocycles. The molecule has 0 unspecified atom stereocenters. The highest BCUT2D eigenvalue weighted by Gasteiger charge is 2.31. The Hall–Kier alpha value is -3.27. The highest BCUT2D eigenvalue weighted by Crippen LogP contribution is 2.25. The molecule has 5 rings (SSSR count). The summed E-state index contributed by atoms with van der Waals surface area (Å²) in [6.45, 7) is 3.31. The first-order valence-corrected chi connectivity index (χ1v) is 10.1. The standard InChI is InChI=1S/C20H23N7O3/c1-29-15-6-4-14(5-7-15)27-19-17(23-24-27)18(21-13-22-19)25-8-10-26(11-9-25)20(28)16-3-2-12-30-16/h4-7,13,16H,2-3,8-12H2,1H3/t16-/m1/s1. The molecule has 1 atom stereocenters. The average Bonchev–Trinajstić information content (AvgIpc) is 3.49. The van der Waals surface area contributed by atoms with Gasteiger partial charge in [0, 0.05) is 32.8 Å². The van der Waals surface area contributed by atoms with E-state index >= 15 is 0 Å². The summed E-state index contributed by atoms with van der Waals surface area (Å²) >= 11 is 0. The van der Waals surface area contributed by atoms with Gasteiger partial charge < -0.3 is 19.3 Å². The molecule has 1 amide bonds. The molecular weight excluding hydrogens is 386 g/mol. The van der Waals surface area contributed by atoms with E-state index in [-0.39, 0.29) is 12.0 Å². The van der Waals surface area contributed by atoms with E-state index in [1.165, 1.54) is 6.33 Å². The number of benzene rings is 1. The lowest BCUT2D eigenvalue weighted by Crippen LogP contribution is -2.51. The third-order valence-electron chi connectivity index (χ3n) is 5.63. The SMILES string of the molecule is COc1ccc(-n2nnc3c(N4CCN(C(=O)[C@H]5CCCO5)CC4)ncnc32)cc1. The van der Waals surface area contributed by atoms with Gasteiger partial charge in [-0.2, -0.15) is 4.68 Å². The van der Waals surface area contributed by atoms with Crippen LogP contribution in [0.3, 0.4) is 0 Å². The van der Waals surface area contributed by atoms with Crippen molar-refractivity contribution in [1.82, 2.24) is 29.9 Å². The lowest BCUT2D eigenvalue weighted by atomic mass is 10.2. The van der Waals surface area contributed by atoms with Gasteiger partial charge in [0.25, 0.3) is 5.91 Å². The fourth-order valence-electron chi connectivity index (χ4n) is 3.98. The van der Waals surface area contributed by atoms with E-state index in [2.05, 4.69) is 25.2 Å². The van der Waals surface area contributed by atoms with E-state index in [0.717, 1.165) is 30.1 Å². The summed E-state index contributed by atoms with van der Waals surface area (Å²) in [7, 11) is 1.63. The molecule has 2 aromatic heterocycles. The van der Waals surface area contributed by atoms with Crippen LogP contribution in [0.15, 0.2) is 30.6 Å². The van der Waals surface area contributed by atoms with Crippen molar-refractivity contribution < 1.29 is 14.3 Å². The van der Waals surface area contributed by atoms with Gasteiger partial charge >= 0.3 is 0 Å². The minimum Gasteiger partial charge on any atom is -0.497 e. The molecule has 1 aromatic carbocycles. The van der Waals surface area contributed by atoms with Gasteiger partial charge in [-0.1, -0.05) is 5.21 Å². The molecule has 0 aliphatic carbocycles. The Bertz CT molecular complexity index is 1040. The van der Waals surface area contributed by atoms with Crippen molar-refractivity contribution >= 4 is 22.9 Å². The maximum Gasteiger partial charge on any atom is 0.251 e. The molecule has 0 saturated carbocycles. The Labute approximate surface area is 173 Å². The second-order valence-corrected chi connectivity index (χ2v) is 7.38. The molecule has 0 bridgehead atoms. The first-order chi connectivity index (χ1) is 14.7. The largest absolute Gasteiger partial charge is 0.497 e. The number of amides is 1. The van der Waals surface area contributed by atoms with Gasteiger partial charge in [-0.15, -0.1) is 5.10 Å². The molecule has 2 aliphatic heterocycles. The molecule has 10 heteroatoms. The molecule has 2 fully saturated rings. The van der Waals surface area contributed by atoms with Gasteiger partial charge in [0.1, 0.15) is 18.2 Å². The quantitative estimate of drug-likeness (QED) is 0.631. The summed E-state index contributed by atoms with van der Waals surface area (Å²) in [6, 6.07) is 7.55. The van der Waals surface area contributed by atoms with Gasteiger partial charge in [-0.25, -0.2) is 9.97 Å². The third-order valence-corrected chi connectivity index (χ3v) is 5.63. The van der Waals surface area contributed by atoms with Crippen LogP contribution in [0.25, 0.3) is 16.9 Å². The number of aromatic nitrogens is 5. The highest BCUT2D eigenvalue weighted by molar-refractivity contribution is 5.84. The molecule has 0 radical (unpaired) electrons. The molecule has 3 aromatic rings. The maximum atomic E-state index is 12.6. The average molecular weight is 409 g/mol.